The van der Waals surface area contributed by atoms with Gasteiger partial charge < -0.3 is 10.5 Å². The largest absolute Gasteiger partial charge is 0.468 e. The second kappa shape index (κ2) is 4.18. The van der Waals surface area contributed by atoms with Crippen molar-refractivity contribution in [3.8, 4) is 0 Å². The highest BCUT2D eigenvalue weighted by Crippen LogP contribution is 2.07. The summed E-state index contributed by atoms with van der Waals surface area (Å²) in [5.74, 6) is -0.386. The number of hydrogen-bond acceptors (Lipinski definition) is 5. The van der Waals surface area contributed by atoms with Gasteiger partial charge in [0.25, 0.3) is 0 Å². The van der Waals surface area contributed by atoms with Gasteiger partial charge in [-0.25, -0.2) is 0 Å². The molecule has 4 nitrogen and oxygen atoms in total. The molecule has 0 fully saturated rings. The van der Waals surface area contributed by atoms with E-state index < -0.39 is 6.04 Å². The number of hydrogen-bond donors (Lipinski definition) is 1. The lowest BCUT2D eigenvalue weighted by Gasteiger charge is -2.05. The first-order valence-corrected chi connectivity index (χ1v) is 4.32. The number of rotatable bonds is 3. The van der Waals surface area contributed by atoms with Crippen LogP contribution in [0.4, 0.5) is 0 Å². The molecule has 2 N–H and O–H groups in total. The molecular formula is C7H10N2O2S. The zero-order chi connectivity index (χ0) is 8.97. The highest BCUT2D eigenvalue weighted by atomic mass is 32.1. The third-order valence-corrected chi connectivity index (χ3v) is 2.21. The van der Waals surface area contributed by atoms with Crippen molar-refractivity contribution < 1.29 is 9.53 Å². The summed E-state index contributed by atoms with van der Waals surface area (Å²) in [5, 5.41) is 0. The van der Waals surface area contributed by atoms with Crippen molar-refractivity contribution in [1.29, 1.82) is 0 Å². The molecule has 0 saturated heterocycles. The van der Waals surface area contributed by atoms with Crippen molar-refractivity contribution in [2.75, 3.05) is 7.11 Å². The maximum atomic E-state index is 10.9. The van der Waals surface area contributed by atoms with Crippen LogP contribution in [0.5, 0.6) is 0 Å². The number of ether oxygens (including phenoxy) is 1. The molecule has 0 radical (unpaired) electrons. The van der Waals surface area contributed by atoms with E-state index in [9.17, 15) is 4.79 Å². The average molecular weight is 186 g/mol. The Bertz CT molecular complexity index is 248. The molecular weight excluding hydrogens is 176 g/mol. The molecule has 12 heavy (non-hydrogen) atoms. The van der Waals surface area contributed by atoms with E-state index in [1.54, 1.807) is 11.7 Å². The Morgan fingerprint density at radius 1 is 1.92 bits per heavy atom. The van der Waals surface area contributed by atoms with Crippen molar-refractivity contribution in [3.05, 3.63) is 16.6 Å². The van der Waals surface area contributed by atoms with Crippen molar-refractivity contribution in [3.63, 3.8) is 0 Å². The normalized spacial score (nSPS) is 12.5. The molecule has 1 heterocycles. The van der Waals surface area contributed by atoms with Crippen molar-refractivity contribution >= 4 is 17.3 Å². The Labute approximate surface area is 74.4 Å². The maximum absolute atomic E-state index is 10.9. The summed E-state index contributed by atoms with van der Waals surface area (Å²) in [6, 6.07) is -0.574. The van der Waals surface area contributed by atoms with Crippen LogP contribution in [0.15, 0.2) is 11.7 Å². The Hall–Kier alpha value is -0.940. The Kier molecular flexibility index (Phi) is 3.19. The summed E-state index contributed by atoms with van der Waals surface area (Å²) < 4.78 is 4.48. The van der Waals surface area contributed by atoms with Crippen LogP contribution < -0.4 is 5.73 Å². The predicted octanol–water partition coefficient (Wildman–Crippen LogP) is 0.186. The molecule has 0 spiro atoms. The standard InChI is InChI=1S/C7H10N2O2S/c1-11-7(10)6(8)2-5-3-9-4-12-5/h3-4,6H,2,8H2,1H3/t6-/m1/s1. The Balaban J connectivity index is 2.47. The van der Waals surface area contributed by atoms with Crippen LogP contribution in [-0.4, -0.2) is 24.1 Å². The predicted molar refractivity (Wildman–Crippen MR) is 45.8 cm³/mol. The smallest absolute Gasteiger partial charge is 0.323 e. The monoisotopic (exact) mass is 186 g/mol. The fraction of sp³-hybridized carbons (Fsp3) is 0.429. The van der Waals surface area contributed by atoms with Gasteiger partial charge in [0, 0.05) is 17.5 Å². The van der Waals surface area contributed by atoms with E-state index in [2.05, 4.69) is 9.72 Å². The Morgan fingerprint density at radius 2 is 2.67 bits per heavy atom. The summed E-state index contributed by atoms with van der Waals surface area (Å²) in [6.07, 6.45) is 2.20. The molecule has 0 unspecified atom stereocenters. The third kappa shape index (κ3) is 2.28. The Morgan fingerprint density at radius 3 is 3.17 bits per heavy atom. The lowest BCUT2D eigenvalue weighted by molar-refractivity contribution is -0.142. The van der Waals surface area contributed by atoms with Gasteiger partial charge in [-0.3, -0.25) is 9.78 Å². The third-order valence-electron chi connectivity index (χ3n) is 1.41. The average Bonchev–Trinajstić information content (AvgIpc) is 2.55. The zero-order valence-corrected chi connectivity index (χ0v) is 7.50. The van der Waals surface area contributed by atoms with E-state index in [4.69, 9.17) is 5.73 Å². The molecule has 5 heteroatoms. The number of thiazole rings is 1. The molecule has 0 saturated carbocycles. The van der Waals surface area contributed by atoms with Gasteiger partial charge in [-0.05, 0) is 0 Å². The van der Waals surface area contributed by atoms with E-state index in [1.165, 1.54) is 18.4 Å². The SMILES string of the molecule is COC(=O)[C@H](N)Cc1cncs1. The fourth-order valence-corrected chi connectivity index (χ4v) is 1.45. The molecule has 1 aromatic heterocycles. The zero-order valence-electron chi connectivity index (χ0n) is 6.69. The van der Waals surface area contributed by atoms with Crippen molar-refractivity contribution in [1.82, 2.24) is 4.98 Å². The first-order valence-electron chi connectivity index (χ1n) is 3.45. The number of aromatic nitrogens is 1. The molecule has 0 aliphatic carbocycles. The van der Waals surface area contributed by atoms with E-state index in [-0.39, 0.29) is 5.97 Å². The molecule has 0 bridgehead atoms. The van der Waals surface area contributed by atoms with Crippen LogP contribution in [0.25, 0.3) is 0 Å². The second-order valence-corrected chi connectivity index (χ2v) is 3.27. The molecule has 0 amide bonds. The van der Waals surface area contributed by atoms with Crippen molar-refractivity contribution in [2.24, 2.45) is 5.73 Å². The summed E-state index contributed by atoms with van der Waals surface area (Å²) in [5.41, 5.74) is 7.23. The molecule has 1 aromatic rings. The van der Waals surface area contributed by atoms with Crippen LogP contribution in [-0.2, 0) is 16.0 Å². The van der Waals surface area contributed by atoms with Gasteiger partial charge >= 0.3 is 5.97 Å². The number of methoxy groups -OCH3 is 1. The van der Waals surface area contributed by atoms with Gasteiger partial charge in [0.05, 0.1) is 12.6 Å². The quantitative estimate of drug-likeness (QED) is 0.684. The van der Waals surface area contributed by atoms with Crippen LogP contribution in [0, 0.1) is 0 Å². The number of esters is 1. The number of carbonyl (C=O) groups is 1. The molecule has 0 aliphatic heterocycles. The summed E-state index contributed by atoms with van der Waals surface area (Å²) >= 11 is 1.48. The minimum absolute atomic E-state index is 0.386. The van der Waals surface area contributed by atoms with Crippen LogP contribution in [0.1, 0.15) is 4.88 Å². The molecule has 66 valence electrons. The minimum atomic E-state index is -0.574. The molecule has 1 rings (SSSR count). The van der Waals surface area contributed by atoms with Crippen LogP contribution in [0.3, 0.4) is 0 Å². The number of nitrogens with two attached hydrogens (primary N) is 1. The van der Waals surface area contributed by atoms with E-state index >= 15 is 0 Å². The highest BCUT2D eigenvalue weighted by molar-refractivity contribution is 7.09. The summed E-state index contributed by atoms with van der Waals surface area (Å²) in [7, 11) is 1.33. The lowest BCUT2D eigenvalue weighted by Crippen LogP contribution is -2.33. The number of nitrogens with zero attached hydrogens (tertiary/aromatic N) is 1. The lowest BCUT2D eigenvalue weighted by atomic mass is 10.2. The minimum Gasteiger partial charge on any atom is -0.468 e. The fourth-order valence-electron chi connectivity index (χ4n) is 0.794. The first kappa shape index (κ1) is 9.15. The van der Waals surface area contributed by atoms with E-state index in [0.717, 1.165) is 4.88 Å². The van der Waals surface area contributed by atoms with Gasteiger partial charge in [-0.2, -0.15) is 0 Å². The van der Waals surface area contributed by atoms with Crippen LogP contribution >= 0.6 is 11.3 Å². The molecule has 0 aliphatic rings. The summed E-state index contributed by atoms with van der Waals surface area (Å²) in [6.45, 7) is 0. The molecule has 0 aromatic carbocycles. The number of carbonyl (C=O) groups excluding carboxylic acids is 1. The van der Waals surface area contributed by atoms with E-state index in [1.807, 2.05) is 0 Å². The first-order chi connectivity index (χ1) is 5.74. The van der Waals surface area contributed by atoms with Gasteiger partial charge in [0.15, 0.2) is 0 Å². The van der Waals surface area contributed by atoms with Gasteiger partial charge in [0.2, 0.25) is 0 Å². The van der Waals surface area contributed by atoms with Crippen molar-refractivity contribution in [2.45, 2.75) is 12.5 Å². The molecule has 1 atom stereocenters. The van der Waals surface area contributed by atoms with Gasteiger partial charge in [-0.1, -0.05) is 0 Å². The topological polar surface area (TPSA) is 65.2 Å². The highest BCUT2D eigenvalue weighted by Gasteiger charge is 2.14. The summed E-state index contributed by atoms with van der Waals surface area (Å²) in [4.78, 5) is 15.7. The van der Waals surface area contributed by atoms with Gasteiger partial charge in [-0.15, -0.1) is 11.3 Å². The maximum Gasteiger partial charge on any atom is 0.323 e. The second-order valence-electron chi connectivity index (χ2n) is 2.30. The van der Waals surface area contributed by atoms with E-state index in [0.29, 0.717) is 6.42 Å². The van der Waals surface area contributed by atoms with Crippen LogP contribution in [0.2, 0.25) is 0 Å². The van der Waals surface area contributed by atoms with Gasteiger partial charge in [0.1, 0.15) is 6.04 Å².